The molecule has 1 aromatic carbocycles. The first-order valence-corrected chi connectivity index (χ1v) is 13.5. The lowest BCUT2D eigenvalue weighted by molar-refractivity contribution is 0.0138. The highest BCUT2D eigenvalue weighted by Crippen LogP contribution is 2.34. The predicted molar refractivity (Wildman–Crippen MR) is 125 cm³/mol. The maximum absolute atomic E-state index is 14.3. The Morgan fingerprint density at radius 1 is 1.14 bits per heavy atom. The van der Waals surface area contributed by atoms with E-state index in [1.54, 1.807) is 4.90 Å². The zero-order valence-corrected chi connectivity index (χ0v) is 21.1. The first kappa shape index (κ1) is 25.2. The van der Waals surface area contributed by atoms with Gasteiger partial charge in [0.15, 0.2) is 9.84 Å². The maximum atomic E-state index is 14.3. The SMILES string of the molecule is CC(C)(C)OC(=O)N1CCC(N(C(=O)c2cnc(-c3ccc(S(C)(=O)=O)c(F)c3)o2)C2CC2)CC1. The lowest BCUT2D eigenvalue weighted by Crippen LogP contribution is -2.50. The van der Waals surface area contributed by atoms with Crippen molar-refractivity contribution in [2.75, 3.05) is 19.3 Å². The molecule has 2 aromatic rings. The first-order chi connectivity index (χ1) is 16.3. The zero-order chi connectivity index (χ0) is 25.5. The second-order valence-corrected chi connectivity index (χ2v) is 12.1. The van der Waals surface area contributed by atoms with Gasteiger partial charge >= 0.3 is 6.09 Å². The van der Waals surface area contributed by atoms with Crippen LogP contribution >= 0.6 is 0 Å². The Hall–Kier alpha value is -2.95. The van der Waals surface area contributed by atoms with E-state index in [2.05, 4.69) is 4.98 Å². The van der Waals surface area contributed by atoms with Crippen LogP contribution in [0.2, 0.25) is 0 Å². The Morgan fingerprint density at radius 3 is 2.31 bits per heavy atom. The van der Waals surface area contributed by atoms with Crippen LogP contribution in [0.15, 0.2) is 33.7 Å². The molecule has 1 aliphatic heterocycles. The number of halogens is 1. The number of hydrogen-bond acceptors (Lipinski definition) is 7. The molecule has 2 fully saturated rings. The molecule has 0 N–H and O–H groups in total. The number of carbonyl (C=O) groups excluding carboxylic acids is 2. The number of sulfone groups is 1. The van der Waals surface area contributed by atoms with Gasteiger partial charge in [-0.3, -0.25) is 4.79 Å². The summed E-state index contributed by atoms with van der Waals surface area (Å²) in [6, 6.07) is 3.64. The second-order valence-electron chi connectivity index (χ2n) is 10.1. The smallest absolute Gasteiger partial charge is 0.410 e. The van der Waals surface area contributed by atoms with Crippen molar-refractivity contribution < 1.29 is 31.6 Å². The van der Waals surface area contributed by atoms with Gasteiger partial charge < -0.3 is 19.0 Å². The molecule has 1 aliphatic carbocycles. The molecule has 1 aromatic heterocycles. The van der Waals surface area contributed by atoms with Crippen LogP contribution in [-0.4, -0.2) is 72.2 Å². The van der Waals surface area contributed by atoms with Crippen molar-refractivity contribution in [2.24, 2.45) is 0 Å². The van der Waals surface area contributed by atoms with Crippen LogP contribution in [0.25, 0.3) is 11.5 Å². The average Bonchev–Trinajstić information content (AvgIpc) is 3.46. The third kappa shape index (κ3) is 5.83. The molecular formula is C24H30FN3O6S. The Labute approximate surface area is 204 Å². The van der Waals surface area contributed by atoms with Gasteiger partial charge in [-0.05, 0) is 64.7 Å². The van der Waals surface area contributed by atoms with Crippen LogP contribution in [0.3, 0.4) is 0 Å². The fourth-order valence-corrected chi connectivity index (χ4v) is 4.93. The van der Waals surface area contributed by atoms with E-state index in [4.69, 9.17) is 9.15 Å². The minimum absolute atomic E-state index is 0.0304. The molecule has 0 atom stereocenters. The van der Waals surface area contributed by atoms with E-state index in [0.29, 0.717) is 25.9 Å². The number of carbonyl (C=O) groups is 2. The first-order valence-electron chi connectivity index (χ1n) is 11.6. The number of benzene rings is 1. The average molecular weight is 508 g/mol. The van der Waals surface area contributed by atoms with Crippen molar-refractivity contribution >= 4 is 21.8 Å². The van der Waals surface area contributed by atoms with Crippen LogP contribution in [0.5, 0.6) is 0 Å². The lowest BCUT2D eigenvalue weighted by atomic mass is 10.0. The van der Waals surface area contributed by atoms with E-state index in [0.717, 1.165) is 31.2 Å². The van der Waals surface area contributed by atoms with Crippen LogP contribution in [0.4, 0.5) is 9.18 Å². The Bertz CT molecular complexity index is 1220. The van der Waals surface area contributed by atoms with Crippen molar-refractivity contribution in [1.29, 1.82) is 0 Å². The Balaban J connectivity index is 1.46. The minimum atomic E-state index is -3.70. The monoisotopic (exact) mass is 507 g/mol. The number of nitrogens with zero attached hydrogens (tertiary/aromatic N) is 3. The second kappa shape index (κ2) is 9.25. The molecular weight excluding hydrogens is 477 g/mol. The van der Waals surface area contributed by atoms with E-state index in [1.807, 2.05) is 25.7 Å². The predicted octanol–water partition coefficient (Wildman–Crippen LogP) is 3.89. The van der Waals surface area contributed by atoms with Crippen molar-refractivity contribution in [3.05, 3.63) is 36.0 Å². The summed E-state index contributed by atoms with van der Waals surface area (Å²) in [4.78, 5) is 32.9. The fraction of sp³-hybridized carbons (Fsp3) is 0.542. The molecule has 11 heteroatoms. The number of amides is 2. The Kier molecular flexibility index (Phi) is 6.65. The molecule has 1 saturated heterocycles. The van der Waals surface area contributed by atoms with Gasteiger partial charge in [-0.2, -0.15) is 0 Å². The van der Waals surface area contributed by atoms with Crippen molar-refractivity contribution in [1.82, 2.24) is 14.8 Å². The molecule has 190 valence electrons. The number of likely N-dealkylation sites (tertiary alicyclic amines) is 1. The van der Waals surface area contributed by atoms with Gasteiger partial charge in [0.2, 0.25) is 11.7 Å². The van der Waals surface area contributed by atoms with Gasteiger partial charge in [0.1, 0.15) is 16.3 Å². The van der Waals surface area contributed by atoms with Crippen LogP contribution in [0, 0.1) is 5.82 Å². The van der Waals surface area contributed by atoms with E-state index < -0.39 is 26.2 Å². The number of ether oxygens (including phenoxy) is 1. The topological polar surface area (TPSA) is 110 Å². The lowest BCUT2D eigenvalue weighted by Gasteiger charge is -2.38. The Morgan fingerprint density at radius 2 is 1.77 bits per heavy atom. The van der Waals surface area contributed by atoms with E-state index >= 15 is 0 Å². The van der Waals surface area contributed by atoms with Crippen molar-refractivity contribution in [3.63, 3.8) is 0 Å². The minimum Gasteiger partial charge on any atom is -0.444 e. The maximum Gasteiger partial charge on any atom is 0.410 e. The number of oxazole rings is 1. The van der Waals surface area contributed by atoms with Gasteiger partial charge in [0.25, 0.3) is 5.91 Å². The zero-order valence-electron chi connectivity index (χ0n) is 20.3. The summed E-state index contributed by atoms with van der Waals surface area (Å²) in [7, 11) is -3.70. The van der Waals surface area contributed by atoms with Gasteiger partial charge in [-0.25, -0.2) is 22.6 Å². The summed E-state index contributed by atoms with van der Waals surface area (Å²) in [6.45, 7) is 6.45. The molecule has 0 radical (unpaired) electrons. The summed E-state index contributed by atoms with van der Waals surface area (Å²) < 4.78 is 48.7. The highest BCUT2D eigenvalue weighted by atomic mass is 32.2. The van der Waals surface area contributed by atoms with Gasteiger partial charge in [0, 0.05) is 37.0 Å². The summed E-state index contributed by atoms with van der Waals surface area (Å²) >= 11 is 0. The number of hydrogen-bond donors (Lipinski definition) is 0. The van der Waals surface area contributed by atoms with E-state index in [-0.39, 0.29) is 41.3 Å². The van der Waals surface area contributed by atoms with Crippen molar-refractivity contribution in [2.45, 2.75) is 69.0 Å². The summed E-state index contributed by atoms with van der Waals surface area (Å²) in [5.41, 5.74) is -0.334. The molecule has 2 aliphatic rings. The number of aromatic nitrogens is 1. The van der Waals surface area contributed by atoms with Crippen LogP contribution in [-0.2, 0) is 14.6 Å². The summed E-state index contributed by atoms with van der Waals surface area (Å²) in [6.07, 6.45) is 4.94. The van der Waals surface area contributed by atoms with Crippen molar-refractivity contribution in [3.8, 4) is 11.5 Å². The normalized spacial score (nSPS) is 17.3. The van der Waals surface area contributed by atoms with E-state index in [1.165, 1.54) is 12.3 Å². The summed E-state index contributed by atoms with van der Waals surface area (Å²) in [5.74, 6) is -1.14. The van der Waals surface area contributed by atoms with Gasteiger partial charge in [-0.15, -0.1) is 0 Å². The molecule has 2 heterocycles. The number of piperidine rings is 1. The molecule has 1 saturated carbocycles. The molecule has 4 rings (SSSR count). The molecule has 9 nitrogen and oxygen atoms in total. The third-order valence-electron chi connectivity index (χ3n) is 5.98. The molecule has 35 heavy (non-hydrogen) atoms. The molecule has 2 amide bonds. The van der Waals surface area contributed by atoms with E-state index in [9.17, 15) is 22.4 Å². The quantitative estimate of drug-likeness (QED) is 0.604. The highest BCUT2D eigenvalue weighted by Gasteiger charge is 2.41. The standard InChI is InChI=1S/C24H30FN3O6S/c1-24(2,3)34-23(30)27-11-9-17(10-12-27)28(16-6-7-16)22(29)19-14-26-21(33-19)15-5-8-20(18(25)13-15)35(4,31)32/h5,8,13-14,16-17H,6-7,9-12H2,1-4H3. The fourth-order valence-electron chi connectivity index (χ4n) is 4.20. The van der Waals surface area contributed by atoms with Gasteiger partial charge in [0.05, 0.1) is 6.20 Å². The third-order valence-corrected chi connectivity index (χ3v) is 7.11. The van der Waals surface area contributed by atoms with Crippen LogP contribution < -0.4 is 0 Å². The van der Waals surface area contributed by atoms with Crippen LogP contribution in [0.1, 0.15) is 57.0 Å². The molecule has 0 bridgehead atoms. The van der Waals surface area contributed by atoms with Gasteiger partial charge in [-0.1, -0.05) is 0 Å². The highest BCUT2D eigenvalue weighted by molar-refractivity contribution is 7.90. The largest absolute Gasteiger partial charge is 0.444 e. The molecule has 0 unspecified atom stereocenters. The molecule has 0 spiro atoms. The summed E-state index contributed by atoms with van der Waals surface area (Å²) in [5, 5.41) is 0. The number of rotatable bonds is 5.